The Balaban J connectivity index is 1.51. The second-order valence-corrected chi connectivity index (χ2v) is 8.44. The van der Waals surface area contributed by atoms with Gasteiger partial charge in [0, 0.05) is 17.4 Å². The lowest BCUT2D eigenvalue weighted by atomic mass is 9.55. The first-order valence-corrected chi connectivity index (χ1v) is 10.3. The molecule has 7 rings (SSSR count). The number of benzene rings is 3. The van der Waals surface area contributed by atoms with E-state index in [2.05, 4.69) is 24.3 Å². The zero-order valence-electron chi connectivity index (χ0n) is 15.8. The van der Waals surface area contributed by atoms with Crippen molar-refractivity contribution in [2.75, 3.05) is 4.90 Å². The first-order valence-electron chi connectivity index (χ1n) is 9.93. The minimum Gasteiger partial charge on any atom is -0.276 e. The van der Waals surface area contributed by atoms with E-state index in [1.807, 2.05) is 24.3 Å². The molecule has 0 radical (unpaired) electrons. The van der Waals surface area contributed by atoms with E-state index >= 15 is 0 Å². The van der Waals surface area contributed by atoms with Gasteiger partial charge in [0.05, 0.1) is 17.5 Å². The van der Waals surface area contributed by atoms with Gasteiger partial charge in [-0.1, -0.05) is 48.5 Å². The Hall–Kier alpha value is -3.24. The molecule has 1 heterocycles. The summed E-state index contributed by atoms with van der Waals surface area (Å²) in [7, 11) is 0. The average molecular weight is 414 g/mol. The summed E-state index contributed by atoms with van der Waals surface area (Å²) in [5.74, 6) is -1.43. The van der Waals surface area contributed by atoms with Gasteiger partial charge in [-0.25, -0.2) is 4.90 Å². The molecule has 30 heavy (non-hydrogen) atoms. The normalized spacial score (nSPS) is 25.7. The third-order valence-electron chi connectivity index (χ3n) is 6.80. The van der Waals surface area contributed by atoms with Crippen molar-refractivity contribution in [3.63, 3.8) is 0 Å². The maximum Gasteiger partial charge on any atom is 0.252 e. The van der Waals surface area contributed by atoms with E-state index in [0.29, 0.717) is 11.3 Å². The molecule has 0 aromatic heterocycles. The molecule has 1 fully saturated rings. The molecule has 2 atom stereocenters. The lowest BCUT2D eigenvalue weighted by Crippen LogP contribution is -2.41. The van der Waals surface area contributed by atoms with Crippen LogP contribution in [0.4, 0.5) is 5.69 Å². The van der Waals surface area contributed by atoms with E-state index in [0.717, 1.165) is 22.3 Å². The summed E-state index contributed by atoms with van der Waals surface area (Å²) >= 11 is 5.54. The van der Waals surface area contributed by atoms with Crippen LogP contribution in [0, 0.1) is 11.8 Å². The smallest absolute Gasteiger partial charge is 0.252 e. The molecule has 146 valence electrons. The Morgan fingerprint density at radius 1 is 0.667 bits per heavy atom. The van der Waals surface area contributed by atoms with Gasteiger partial charge in [-0.05, 0) is 58.1 Å². The summed E-state index contributed by atoms with van der Waals surface area (Å²) in [6.07, 6.45) is 0. The fraction of sp³-hybridized carbons (Fsp3) is 0.160. The predicted molar refractivity (Wildman–Crippen MR) is 113 cm³/mol. The number of hydrogen-bond donors (Lipinski definition) is 0. The first-order chi connectivity index (χ1) is 14.6. The summed E-state index contributed by atoms with van der Waals surface area (Å²) in [5.41, 5.74) is 5.40. The number of amides is 2. The zero-order chi connectivity index (χ0) is 20.6. The standard InChI is InChI=1S/C25H16ClNO3/c26-23(28)13-9-11-14(12-10-13)27-24(29)21-19-15-5-1-2-6-16(15)20(22(21)25(27)30)18-8-4-3-7-17(18)19/h1-12,19-22H. The highest BCUT2D eigenvalue weighted by atomic mass is 35.5. The average Bonchev–Trinajstić information content (AvgIpc) is 3.04. The van der Waals surface area contributed by atoms with E-state index in [1.165, 1.54) is 4.90 Å². The van der Waals surface area contributed by atoms with Crippen LogP contribution in [0.3, 0.4) is 0 Å². The molecule has 4 aliphatic rings. The minimum absolute atomic E-state index is 0.127. The molecular weight excluding hydrogens is 398 g/mol. The van der Waals surface area contributed by atoms with Crippen molar-refractivity contribution in [1.29, 1.82) is 0 Å². The highest BCUT2D eigenvalue weighted by molar-refractivity contribution is 6.67. The van der Waals surface area contributed by atoms with E-state index in [4.69, 9.17) is 11.6 Å². The first kappa shape index (κ1) is 17.6. The van der Waals surface area contributed by atoms with Crippen LogP contribution in [0.1, 0.15) is 44.4 Å². The van der Waals surface area contributed by atoms with E-state index in [1.54, 1.807) is 24.3 Å². The van der Waals surface area contributed by atoms with Gasteiger partial charge in [-0.2, -0.15) is 0 Å². The number of rotatable bonds is 2. The highest BCUT2D eigenvalue weighted by Crippen LogP contribution is 2.61. The summed E-state index contributed by atoms with van der Waals surface area (Å²) in [6.45, 7) is 0. The lowest BCUT2D eigenvalue weighted by molar-refractivity contribution is -0.122. The Bertz CT molecular complexity index is 1130. The molecule has 0 saturated carbocycles. The largest absolute Gasteiger partial charge is 0.276 e. The van der Waals surface area contributed by atoms with Gasteiger partial charge in [0.15, 0.2) is 0 Å². The molecule has 2 amide bonds. The molecule has 5 heteroatoms. The summed E-state index contributed by atoms with van der Waals surface area (Å²) in [5, 5.41) is -0.571. The molecule has 4 nitrogen and oxygen atoms in total. The number of carbonyl (C=O) groups excluding carboxylic acids is 3. The number of anilines is 1. The monoisotopic (exact) mass is 413 g/mol. The van der Waals surface area contributed by atoms with Crippen molar-refractivity contribution in [2.45, 2.75) is 11.8 Å². The maximum absolute atomic E-state index is 13.6. The van der Waals surface area contributed by atoms with Gasteiger partial charge < -0.3 is 0 Å². The number of hydrogen-bond acceptors (Lipinski definition) is 3. The van der Waals surface area contributed by atoms with Crippen LogP contribution in [-0.2, 0) is 9.59 Å². The Labute approximate surface area is 178 Å². The summed E-state index contributed by atoms with van der Waals surface area (Å²) in [6, 6.07) is 22.7. The third kappa shape index (κ3) is 2.14. The second kappa shape index (κ2) is 6.13. The van der Waals surface area contributed by atoms with Gasteiger partial charge in [0.25, 0.3) is 5.24 Å². The fourth-order valence-corrected chi connectivity index (χ4v) is 5.80. The Kier molecular flexibility index (Phi) is 3.60. The molecule has 1 aliphatic heterocycles. The number of nitrogens with zero attached hydrogens (tertiary/aromatic N) is 1. The lowest BCUT2D eigenvalue weighted by Gasteiger charge is -2.45. The minimum atomic E-state index is -0.571. The van der Waals surface area contributed by atoms with Crippen molar-refractivity contribution in [3.05, 3.63) is 101 Å². The quantitative estimate of drug-likeness (QED) is 0.460. The highest BCUT2D eigenvalue weighted by Gasteiger charge is 2.61. The third-order valence-corrected chi connectivity index (χ3v) is 7.02. The van der Waals surface area contributed by atoms with Gasteiger partial charge in [-0.15, -0.1) is 0 Å². The molecule has 3 aliphatic carbocycles. The van der Waals surface area contributed by atoms with Crippen LogP contribution in [0.2, 0.25) is 0 Å². The Morgan fingerprint density at radius 2 is 1.07 bits per heavy atom. The molecular formula is C25H16ClNO3. The van der Waals surface area contributed by atoms with E-state index < -0.39 is 17.1 Å². The molecule has 2 unspecified atom stereocenters. The van der Waals surface area contributed by atoms with Crippen molar-refractivity contribution in [2.24, 2.45) is 11.8 Å². The number of halogens is 1. The number of carbonyl (C=O) groups is 3. The molecule has 3 aromatic carbocycles. The second-order valence-electron chi connectivity index (χ2n) is 8.10. The van der Waals surface area contributed by atoms with Crippen LogP contribution in [-0.4, -0.2) is 17.1 Å². The molecule has 0 spiro atoms. The van der Waals surface area contributed by atoms with Gasteiger partial charge in [0.1, 0.15) is 0 Å². The van der Waals surface area contributed by atoms with Crippen LogP contribution in [0.25, 0.3) is 0 Å². The topological polar surface area (TPSA) is 54.5 Å². The molecule has 1 saturated heterocycles. The summed E-state index contributed by atoms with van der Waals surface area (Å²) < 4.78 is 0. The Morgan fingerprint density at radius 3 is 1.43 bits per heavy atom. The van der Waals surface area contributed by atoms with Gasteiger partial charge in [0.2, 0.25) is 11.8 Å². The van der Waals surface area contributed by atoms with Crippen molar-refractivity contribution < 1.29 is 14.4 Å². The molecule has 0 N–H and O–H groups in total. The van der Waals surface area contributed by atoms with E-state index in [9.17, 15) is 14.4 Å². The van der Waals surface area contributed by atoms with Crippen molar-refractivity contribution in [3.8, 4) is 0 Å². The number of imide groups is 1. The van der Waals surface area contributed by atoms with Crippen molar-refractivity contribution >= 4 is 34.3 Å². The van der Waals surface area contributed by atoms with Crippen molar-refractivity contribution in [1.82, 2.24) is 0 Å². The van der Waals surface area contributed by atoms with Gasteiger partial charge in [-0.3, -0.25) is 14.4 Å². The van der Waals surface area contributed by atoms with Crippen LogP contribution in [0.5, 0.6) is 0 Å². The predicted octanol–water partition coefficient (Wildman–Crippen LogP) is 4.46. The van der Waals surface area contributed by atoms with Gasteiger partial charge >= 0.3 is 0 Å². The van der Waals surface area contributed by atoms with Crippen LogP contribution in [0.15, 0.2) is 72.8 Å². The maximum atomic E-state index is 13.6. The van der Waals surface area contributed by atoms with E-state index in [-0.39, 0.29) is 23.7 Å². The molecule has 2 bridgehead atoms. The van der Waals surface area contributed by atoms with Crippen LogP contribution < -0.4 is 4.90 Å². The molecule has 3 aromatic rings. The fourth-order valence-electron chi connectivity index (χ4n) is 5.67. The van der Waals surface area contributed by atoms with Crippen LogP contribution >= 0.6 is 11.6 Å². The SMILES string of the molecule is O=C(Cl)c1ccc(N2C(=O)C3C4c5ccccc5C(c5ccccc54)C3C2=O)cc1. The zero-order valence-corrected chi connectivity index (χ0v) is 16.5. The summed E-state index contributed by atoms with van der Waals surface area (Å²) in [4.78, 5) is 39.9.